The van der Waals surface area contributed by atoms with E-state index in [4.69, 9.17) is 0 Å². The van der Waals surface area contributed by atoms with Crippen molar-refractivity contribution in [1.82, 2.24) is 0 Å². The maximum atomic E-state index is 4.20. The van der Waals surface area contributed by atoms with Crippen LogP contribution in [0.2, 0.25) is 0 Å². The molecule has 0 aliphatic heterocycles. The molecule has 64 valence electrons. The van der Waals surface area contributed by atoms with Crippen LogP contribution in [0, 0.1) is 5.92 Å². The second-order valence-electron chi connectivity index (χ2n) is 3.34. The zero-order chi connectivity index (χ0) is 7.94. The fourth-order valence-corrected chi connectivity index (χ4v) is 1.87. The van der Waals surface area contributed by atoms with Crippen LogP contribution in [-0.2, 0) is 0 Å². The second kappa shape index (κ2) is 5.70. The minimum Gasteiger partial charge on any atom is -0.179 e. The van der Waals surface area contributed by atoms with E-state index in [-0.39, 0.29) is 0 Å². The van der Waals surface area contributed by atoms with E-state index in [1.54, 1.807) is 0 Å². The third-order valence-electron chi connectivity index (χ3n) is 2.34. The summed E-state index contributed by atoms with van der Waals surface area (Å²) >= 11 is 4.20. The average molecular weight is 170 g/mol. The molecule has 1 aliphatic carbocycles. The van der Waals surface area contributed by atoms with Crippen molar-refractivity contribution in [3.63, 3.8) is 0 Å². The third kappa shape index (κ3) is 3.85. The molecular weight excluding hydrogens is 152 g/mol. The quantitative estimate of drug-likeness (QED) is 0.373. The molecule has 1 aliphatic rings. The molecule has 0 amide bonds. The molecule has 0 bridgehead atoms. The average Bonchev–Trinajstić information content (AvgIpc) is 2.07. The molecule has 1 rings (SSSR count). The van der Waals surface area contributed by atoms with Crippen molar-refractivity contribution in [1.29, 1.82) is 0 Å². The standard InChI is InChI=1S/C10H18S/c11-9-5-4-8-10-6-2-1-3-7-10/h2,6,10-11H,1,3-5,7-9H2. The van der Waals surface area contributed by atoms with Crippen LogP contribution in [0.1, 0.15) is 38.5 Å². The van der Waals surface area contributed by atoms with Gasteiger partial charge in [0.15, 0.2) is 0 Å². The lowest BCUT2D eigenvalue weighted by atomic mass is 9.91. The van der Waals surface area contributed by atoms with Gasteiger partial charge in [0.1, 0.15) is 0 Å². The Kier molecular flexibility index (Phi) is 4.76. The van der Waals surface area contributed by atoms with E-state index in [1.807, 2.05) is 0 Å². The van der Waals surface area contributed by atoms with Crippen LogP contribution in [0.25, 0.3) is 0 Å². The largest absolute Gasteiger partial charge is 0.179 e. The Labute approximate surface area is 75.5 Å². The maximum Gasteiger partial charge on any atom is -0.00979 e. The summed E-state index contributed by atoms with van der Waals surface area (Å²) in [5.41, 5.74) is 0. The molecule has 0 N–H and O–H groups in total. The van der Waals surface area contributed by atoms with Crippen molar-refractivity contribution in [3.05, 3.63) is 12.2 Å². The monoisotopic (exact) mass is 170 g/mol. The van der Waals surface area contributed by atoms with Gasteiger partial charge in [-0.15, -0.1) is 0 Å². The molecule has 1 heteroatoms. The van der Waals surface area contributed by atoms with Gasteiger partial charge in [-0.3, -0.25) is 0 Å². The SMILES string of the molecule is SCCCCC1C=CCCC1. The Hall–Kier alpha value is 0.0900. The molecule has 0 aromatic carbocycles. The fourth-order valence-electron chi connectivity index (χ4n) is 1.64. The van der Waals surface area contributed by atoms with Gasteiger partial charge in [-0.25, -0.2) is 0 Å². The van der Waals surface area contributed by atoms with E-state index < -0.39 is 0 Å². The van der Waals surface area contributed by atoms with Crippen LogP contribution >= 0.6 is 12.6 Å². The van der Waals surface area contributed by atoms with Gasteiger partial charge in [-0.05, 0) is 43.8 Å². The van der Waals surface area contributed by atoms with Crippen molar-refractivity contribution in [2.75, 3.05) is 5.75 Å². The van der Waals surface area contributed by atoms with Crippen molar-refractivity contribution in [2.24, 2.45) is 5.92 Å². The highest BCUT2D eigenvalue weighted by atomic mass is 32.1. The Bertz CT molecular complexity index is 118. The first-order valence-corrected chi connectivity index (χ1v) is 5.34. The summed E-state index contributed by atoms with van der Waals surface area (Å²) in [6.07, 6.45) is 12.9. The van der Waals surface area contributed by atoms with E-state index in [0.717, 1.165) is 11.7 Å². The number of rotatable bonds is 4. The molecule has 1 atom stereocenters. The summed E-state index contributed by atoms with van der Waals surface area (Å²) < 4.78 is 0. The van der Waals surface area contributed by atoms with Gasteiger partial charge in [0.25, 0.3) is 0 Å². The molecular formula is C10H18S. The Morgan fingerprint density at radius 3 is 2.91 bits per heavy atom. The smallest absolute Gasteiger partial charge is 0.00979 e. The van der Waals surface area contributed by atoms with E-state index in [0.29, 0.717) is 0 Å². The van der Waals surface area contributed by atoms with E-state index in [9.17, 15) is 0 Å². The van der Waals surface area contributed by atoms with Gasteiger partial charge < -0.3 is 0 Å². The highest BCUT2D eigenvalue weighted by Crippen LogP contribution is 2.21. The predicted octanol–water partition coefficient (Wildman–Crippen LogP) is 3.44. The number of hydrogen-bond acceptors (Lipinski definition) is 1. The van der Waals surface area contributed by atoms with Crippen LogP contribution in [0.15, 0.2) is 12.2 Å². The third-order valence-corrected chi connectivity index (χ3v) is 2.65. The van der Waals surface area contributed by atoms with Crippen molar-refractivity contribution in [2.45, 2.75) is 38.5 Å². The van der Waals surface area contributed by atoms with E-state index in [1.165, 1.54) is 38.5 Å². The molecule has 0 heterocycles. The summed E-state index contributed by atoms with van der Waals surface area (Å²) in [5, 5.41) is 0. The number of hydrogen-bond donors (Lipinski definition) is 1. The van der Waals surface area contributed by atoms with Gasteiger partial charge in [0.05, 0.1) is 0 Å². The minimum absolute atomic E-state index is 0.892. The second-order valence-corrected chi connectivity index (χ2v) is 3.79. The summed E-state index contributed by atoms with van der Waals surface area (Å²) in [6, 6.07) is 0. The topological polar surface area (TPSA) is 0 Å². The summed E-state index contributed by atoms with van der Waals surface area (Å²) in [5.74, 6) is 1.94. The fraction of sp³-hybridized carbons (Fsp3) is 0.800. The minimum atomic E-state index is 0.892. The number of unbranched alkanes of at least 4 members (excludes halogenated alkanes) is 1. The number of thiol groups is 1. The molecule has 0 saturated heterocycles. The van der Waals surface area contributed by atoms with E-state index >= 15 is 0 Å². The molecule has 0 nitrogen and oxygen atoms in total. The zero-order valence-electron chi connectivity index (χ0n) is 7.13. The Morgan fingerprint density at radius 2 is 2.27 bits per heavy atom. The first kappa shape index (κ1) is 9.18. The van der Waals surface area contributed by atoms with Crippen LogP contribution in [0.3, 0.4) is 0 Å². The van der Waals surface area contributed by atoms with Gasteiger partial charge in [0.2, 0.25) is 0 Å². The molecule has 0 aromatic heterocycles. The lowest BCUT2D eigenvalue weighted by Gasteiger charge is -2.15. The highest BCUT2D eigenvalue weighted by Gasteiger charge is 2.06. The maximum absolute atomic E-state index is 4.20. The van der Waals surface area contributed by atoms with Crippen molar-refractivity contribution < 1.29 is 0 Å². The van der Waals surface area contributed by atoms with Crippen LogP contribution < -0.4 is 0 Å². The summed E-state index contributed by atoms with van der Waals surface area (Å²) in [6.45, 7) is 0. The molecule has 0 spiro atoms. The predicted molar refractivity (Wildman–Crippen MR) is 54.2 cm³/mol. The van der Waals surface area contributed by atoms with Gasteiger partial charge in [-0.2, -0.15) is 12.6 Å². The highest BCUT2D eigenvalue weighted by molar-refractivity contribution is 7.80. The lowest BCUT2D eigenvalue weighted by molar-refractivity contribution is 0.487. The van der Waals surface area contributed by atoms with Crippen molar-refractivity contribution >= 4 is 12.6 Å². The first-order valence-electron chi connectivity index (χ1n) is 4.71. The van der Waals surface area contributed by atoms with E-state index in [2.05, 4.69) is 24.8 Å². The molecule has 0 aromatic rings. The van der Waals surface area contributed by atoms with Gasteiger partial charge in [-0.1, -0.05) is 18.6 Å². The zero-order valence-corrected chi connectivity index (χ0v) is 8.02. The summed E-state index contributed by atoms with van der Waals surface area (Å²) in [4.78, 5) is 0. The van der Waals surface area contributed by atoms with Crippen molar-refractivity contribution in [3.8, 4) is 0 Å². The molecule has 0 fully saturated rings. The molecule has 0 radical (unpaired) electrons. The van der Waals surface area contributed by atoms with Gasteiger partial charge in [0, 0.05) is 0 Å². The lowest BCUT2D eigenvalue weighted by Crippen LogP contribution is -2.00. The number of allylic oxidation sites excluding steroid dienone is 2. The summed E-state index contributed by atoms with van der Waals surface area (Å²) in [7, 11) is 0. The molecule has 11 heavy (non-hydrogen) atoms. The first-order chi connectivity index (χ1) is 5.43. The van der Waals surface area contributed by atoms with Crippen LogP contribution in [0.4, 0.5) is 0 Å². The molecule has 1 unspecified atom stereocenters. The van der Waals surface area contributed by atoms with Crippen LogP contribution in [-0.4, -0.2) is 5.75 Å². The van der Waals surface area contributed by atoms with Gasteiger partial charge >= 0.3 is 0 Å². The Balaban J connectivity index is 2.05. The molecule has 0 saturated carbocycles. The normalized spacial score (nSPS) is 23.9. The Morgan fingerprint density at radius 1 is 1.36 bits per heavy atom. The van der Waals surface area contributed by atoms with Crippen LogP contribution in [0.5, 0.6) is 0 Å².